The summed E-state index contributed by atoms with van der Waals surface area (Å²) < 4.78 is 13.4. The third-order valence-electron chi connectivity index (χ3n) is 3.89. The van der Waals surface area contributed by atoms with Crippen molar-refractivity contribution in [1.29, 1.82) is 0 Å². The van der Waals surface area contributed by atoms with Gasteiger partial charge in [0.05, 0.1) is 5.52 Å². The Bertz CT molecular complexity index is 620. The first kappa shape index (κ1) is 15.4. The second kappa shape index (κ2) is 6.67. The molecule has 0 amide bonds. The van der Waals surface area contributed by atoms with Crippen molar-refractivity contribution in [2.75, 3.05) is 24.2 Å². The molecule has 6 heteroatoms. The minimum Gasteiger partial charge on any atom is -0.396 e. The molecule has 0 aliphatic heterocycles. The Labute approximate surface area is 123 Å². The number of nitrogens with zero attached hydrogens (tertiary/aromatic N) is 2. The molecule has 2 aromatic rings. The fraction of sp³-hybridized carbons (Fsp3) is 0.467. The van der Waals surface area contributed by atoms with E-state index in [0.29, 0.717) is 29.2 Å². The number of anilines is 2. The molecule has 2 atom stereocenters. The molecule has 21 heavy (non-hydrogen) atoms. The third kappa shape index (κ3) is 3.58. The van der Waals surface area contributed by atoms with Crippen LogP contribution in [0.1, 0.15) is 20.3 Å². The number of fused-ring (bicyclic) bond motifs is 1. The highest BCUT2D eigenvalue weighted by molar-refractivity contribution is 5.89. The van der Waals surface area contributed by atoms with Crippen LogP contribution in [0.3, 0.4) is 0 Å². The molecule has 114 valence electrons. The van der Waals surface area contributed by atoms with Gasteiger partial charge in [0.15, 0.2) is 0 Å². The van der Waals surface area contributed by atoms with E-state index in [9.17, 15) is 9.50 Å². The molecule has 0 saturated heterocycles. The topological polar surface area (TPSA) is 84.1 Å². The van der Waals surface area contributed by atoms with Crippen molar-refractivity contribution in [2.24, 2.45) is 11.8 Å². The molecule has 4 N–H and O–H groups in total. The summed E-state index contributed by atoms with van der Waals surface area (Å²) in [5.74, 6) is 0.776. The molecule has 0 aliphatic rings. The molecular formula is C15H21FN4O. The summed E-state index contributed by atoms with van der Waals surface area (Å²) in [4.78, 5) is 8.23. The number of halogens is 1. The first-order valence-corrected chi connectivity index (χ1v) is 7.12. The third-order valence-corrected chi connectivity index (χ3v) is 3.89. The molecule has 2 rings (SSSR count). The Morgan fingerprint density at radius 1 is 1.38 bits per heavy atom. The molecule has 1 aromatic carbocycles. The van der Waals surface area contributed by atoms with Crippen molar-refractivity contribution in [1.82, 2.24) is 9.97 Å². The summed E-state index contributed by atoms with van der Waals surface area (Å²) in [6.07, 6.45) is 0.980. The van der Waals surface area contributed by atoms with Crippen molar-refractivity contribution < 1.29 is 9.50 Å². The number of hydrogen-bond donors (Lipinski definition) is 3. The lowest BCUT2D eigenvalue weighted by atomic mass is 9.92. The lowest BCUT2D eigenvalue weighted by Crippen LogP contribution is -2.24. The van der Waals surface area contributed by atoms with Gasteiger partial charge in [-0.3, -0.25) is 0 Å². The molecular weight excluding hydrogens is 271 g/mol. The lowest BCUT2D eigenvalue weighted by molar-refractivity contribution is 0.188. The van der Waals surface area contributed by atoms with Crippen molar-refractivity contribution >= 4 is 22.7 Å². The van der Waals surface area contributed by atoms with E-state index in [1.165, 1.54) is 12.1 Å². The molecule has 0 aliphatic carbocycles. The minimum absolute atomic E-state index is 0.0921. The standard InChI is InChI=1S/C15H21FN4O/c1-3-9(2)10(8-21)7-18-14-12-6-11(16)4-5-13(12)19-15(17)20-14/h4-6,9-10,21H,3,7-8H2,1-2H3,(H3,17,18,19,20)/t9-,10+/m0/s1. The van der Waals surface area contributed by atoms with Gasteiger partial charge in [0, 0.05) is 24.5 Å². The highest BCUT2D eigenvalue weighted by Gasteiger charge is 2.16. The molecule has 5 nitrogen and oxygen atoms in total. The number of aliphatic hydroxyl groups excluding tert-OH is 1. The van der Waals surface area contributed by atoms with E-state index < -0.39 is 0 Å². The highest BCUT2D eigenvalue weighted by atomic mass is 19.1. The summed E-state index contributed by atoms with van der Waals surface area (Å²) in [5.41, 5.74) is 6.28. The van der Waals surface area contributed by atoms with Crippen LogP contribution in [0, 0.1) is 17.7 Å². The summed E-state index contributed by atoms with van der Waals surface area (Å²) in [6.45, 7) is 4.82. The molecule has 1 aromatic heterocycles. The Morgan fingerprint density at radius 2 is 2.14 bits per heavy atom. The monoisotopic (exact) mass is 292 g/mol. The fourth-order valence-electron chi connectivity index (χ4n) is 2.26. The van der Waals surface area contributed by atoms with Gasteiger partial charge in [0.25, 0.3) is 0 Å². The Hall–Kier alpha value is -1.95. The quantitative estimate of drug-likeness (QED) is 0.761. The van der Waals surface area contributed by atoms with E-state index >= 15 is 0 Å². The molecule has 0 unspecified atom stereocenters. The first-order chi connectivity index (χ1) is 10.0. The summed E-state index contributed by atoms with van der Waals surface area (Å²) in [5, 5.41) is 13.2. The fourth-order valence-corrected chi connectivity index (χ4v) is 2.26. The molecule has 0 radical (unpaired) electrons. The van der Waals surface area contributed by atoms with Gasteiger partial charge < -0.3 is 16.2 Å². The van der Waals surface area contributed by atoms with E-state index in [2.05, 4.69) is 29.1 Å². The van der Waals surface area contributed by atoms with E-state index in [1.54, 1.807) is 6.07 Å². The number of nitrogen functional groups attached to an aromatic ring is 1. The predicted molar refractivity (Wildman–Crippen MR) is 82.4 cm³/mol. The maximum Gasteiger partial charge on any atom is 0.222 e. The van der Waals surface area contributed by atoms with E-state index in [4.69, 9.17) is 5.73 Å². The van der Waals surface area contributed by atoms with Gasteiger partial charge in [-0.15, -0.1) is 0 Å². The van der Waals surface area contributed by atoms with Crippen molar-refractivity contribution in [3.8, 4) is 0 Å². The number of aromatic nitrogens is 2. The summed E-state index contributed by atoms with van der Waals surface area (Å²) in [7, 11) is 0. The average Bonchev–Trinajstić information content (AvgIpc) is 2.47. The van der Waals surface area contributed by atoms with E-state index in [1.807, 2.05) is 0 Å². The van der Waals surface area contributed by atoms with Gasteiger partial charge >= 0.3 is 0 Å². The van der Waals surface area contributed by atoms with Crippen LogP contribution in [-0.4, -0.2) is 28.2 Å². The number of nitrogens with two attached hydrogens (primary N) is 1. The van der Waals surface area contributed by atoms with Crippen molar-refractivity contribution in [3.05, 3.63) is 24.0 Å². The van der Waals surface area contributed by atoms with E-state index in [0.717, 1.165) is 6.42 Å². The Balaban J connectivity index is 2.27. The lowest BCUT2D eigenvalue weighted by Gasteiger charge is -2.21. The van der Waals surface area contributed by atoms with Crippen LogP contribution < -0.4 is 11.1 Å². The first-order valence-electron chi connectivity index (χ1n) is 7.12. The number of aliphatic hydroxyl groups is 1. The SMILES string of the molecule is CC[C@H](C)[C@@H](CO)CNc1nc(N)nc2ccc(F)cc12. The second-order valence-corrected chi connectivity index (χ2v) is 5.30. The van der Waals surface area contributed by atoms with E-state index in [-0.39, 0.29) is 24.3 Å². The van der Waals surface area contributed by atoms with Gasteiger partial charge in [0.2, 0.25) is 5.95 Å². The van der Waals surface area contributed by atoms with Gasteiger partial charge in [-0.05, 0) is 24.1 Å². The normalized spacial score (nSPS) is 14.1. The zero-order valence-corrected chi connectivity index (χ0v) is 12.3. The maximum atomic E-state index is 13.4. The average molecular weight is 292 g/mol. The van der Waals surface area contributed by atoms with Crippen LogP contribution in [-0.2, 0) is 0 Å². The van der Waals surface area contributed by atoms with Crippen molar-refractivity contribution in [2.45, 2.75) is 20.3 Å². The number of nitrogens with one attached hydrogen (secondary N) is 1. The van der Waals surface area contributed by atoms with Gasteiger partial charge in [-0.1, -0.05) is 20.3 Å². The molecule has 0 saturated carbocycles. The van der Waals surface area contributed by atoms with Crippen LogP contribution in [0.4, 0.5) is 16.2 Å². The Morgan fingerprint density at radius 3 is 2.81 bits per heavy atom. The summed E-state index contributed by atoms with van der Waals surface area (Å²) in [6, 6.07) is 4.30. The second-order valence-electron chi connectivity index (χ2n) is 5.30. The largest absolute Gasteiger partial charge is 0.396 e. The van der Waals surface area contributed by atoms with Crippen LogP contribution >= 0.6 is 0 Å². The van der Waals surface area contributed by atoms with Crippen LogP contribution in [0.2, 0.25) is 0 Å². The minimum atomic E-state index is -0.348. The number of rotatable bonds is 6. The number of hydrogen-bond acceptors (Lipinski definition) is 5. The van der Waals surface area contributed by atoms with Crippen molar-refractivity contribution in [3.63, 3.8) is 0 Å². The molecule has 0 bridgehead atoms. The molecule has 1 heterocycles. The van der Waals surface area contributed by atoms with Crippen LogP contribution in [0.25, 0.3) is 10.9 Å². The predicted octanol–water partition coefficient (Wildman–Crippen LogP) is 2.42. The zero-order chi connectivity index (χ0) is 15.4. The Kier molecular flexibility index (Phi) is 4.90. The summed E-state index contributed by atoms with van der Waals surface area (Å²) >= 11 is 0. The van der Waals surface area contributed by atoms with Gasteiger partial charge in [-0.25, -0.2) is 9.37 Å². The van der Waals surface area contributed by atoms with Gasteiger partial charge in [-0.2, -0.15) is 4.98 Å². The van der Waals surface area contributed by atoms with Crippen LogP contribution in [0.5, 0.6) is 0 Å². The molecule has 0 spiro atoms. The maximum absolute atomic E-state index is 13.4. The smallest absolute Gasteiger partial charge is 0.222 e. The van der Waals surface area contributed by atoms with Crippen LogP contribution in [0.15, 0.2) is 18.2 Å². The highest BCUT2D eigenvalue weighted by Crippen LogP contribution is 2.23. The number of benzene rings is 1. The van der Waals surface area contributed by atoms with Gasteiger partial charge in [0.1, 0.15) is 11.6 Å². The molecule has 0 fully saturated rings. The zero-order valence-electron chi connectivity index (χ0n) is 12.3.